The molecule has 9 heteroatoms. The molecule has 2 aromatic heterocycles. The summed E-state index contributed by atoms with van der Waals surface area (Å²) in [5.41, 5.74) is -0.918. The van der Waals surface area contributed by atoms with E-state index in [1.54, 1.807) is 0 Å². The highest BCUT2D eigenvalue weighted by atomic mass is 32.1. The Balaban J connectivity index is 2.50. The second-order valence-electron chi connectivity index (χ2n) is 4.06. The maximum absolute atomic E-state index is 13.8. The van der Waals surface area contributed by atoms with Gasteiger partial charge in [0.05, 0.1) is 5.52 Å². The average molecular weight is 317 g/mol. The molecule has 0 atom stereocenters. The molecule has 0 radical (unpaired) electrons. The quantitative estimate of drug-likeness (QED) is 0.321. The van der Waals surface area contributed by atoms with Gasteiger partial charge in [-0.2, -0.15) is 0 Å². The smallest absolute Gasteiger partial charge is 0.200 e. The van der Waals surface area contributed by atoms with Gasteiger partial charge >= 0.3 is 0 Å². The van der Waals surface area contributed by atoms with E-state index in [-0.39, 0.29) is 10.4 Å². The van der Waals surface area contributed by atoms with Gasteiger partial charge in [0, 0.05) is 6.20 Å². The molecular formula is C12H4F5N3S. The molecule has 2 heterocycles. The molecule has 0 spiro atoms. The van der Waals surface area contributed by atoms with Gasteiger partial charge in [-0.1, -0.05) is 0 Å². The van der Waals surface area contributed by atoms with E-state index in [2.05, 4.69) is 9.97 Å². The fourth-order valence-electron chi connectivity index (χ4n) is 1.94. The highest BCUT2D eigenvalue weighted by Crippen LogP contribution is 2.28. The number of nitrogens with zero attached hydrogens (tertiary/aromatic N) is 2. The normalized spacial score (nSPS) is 11.3. The summed E-state index contributed by atoms with van der Waals surface area (Å²) < 4.78 is 67.8. The van der Waals surface area contributed by atoms with E-state index in [9.17, 15) is 22.0 Å². The first-order chi connectivity index (χ1) is 9.93. The maximum Gasteiger partial charge on any atom is 0.200 e. The zero-order valence-corrected chi connectivity index (χ0v) is 10.7. The Morgan fingerprint density at radius 1 is 0.952 bits per heavy atom. The van der Waals surface area contributed by atoms with E-state index in [1.165, 1.54) is 18.3 Å². The van der Waals surface area contributed by atoms with Crippen LogP contribution in [0.5, 0.6) is 0 Å². The molecule has 0 aliphatic rings. The van der Waals surface area contributed by atoms with Crippen molar-refractivity contribution < 1.29 is 22.0 Å². The third-order valence-corrected chi connectivity index (χ3v) is 3.14. The number of benzene rings is 1. The van der Waals surface area contributed by atoms with Gasteiger partial charge in [0.1, 0.15) is 5.69 Å². The van der Waals surface area contributed by atoms with Crippen molar-refractivity contribution in [3.05, 3.63) is 52.2 Å². The summed E-state index contributed by atoms with van der Waals surface area (Å²) in [7, 11) is 0. The molecule has 108 valence electrons. The second-order valence-corrected chi connectivity index (χ2v) is 4.45. The van der Waals surface area contributed by atoms with E-state index in [0.717, 1.165) is 0 Å². The first-order valence-corrected chi connectivity index (χ1v) is 5.92. The summed E-state index contributed by atoms with van der Waals surface area (Å²) in [4.78, 5) is 6.41. The lowest BCUT2D eigenvalue weighted by molar-refractivity contribution is 0.375. The van der Waals surface area contributed by atoms with E-state index in [1.807, 2.05) is 0 Å². The molecule has 0 unspecified atom stereocenters. The van der Waals surface area contributed by atoms with Crippen LogP contribution >= 0.6 is 12.2 Å². The average Bonchev–Trinajstić information content (AvgIpc) is 2.80. The SMILES string of the molecule is Fc1c(F)c(F)c(-n2c(=S)[nH]c3cccnc32)c(F)c1F. The lowest BCUT2D eigenvalue weighted by Gasteiger charge is -2.09. The molecule has 3 aromatic rings. The van der Waals surface area contributed by atoms with Crippen molar-refractivity contribution in [2.45, 2.75) is 0 Å². The van der Waals surface area contributed by atoms with Crippen molar-refractivity contribution in [2.75, 3.05) is 0 Å². The lowest BCUT2D eigenvalue weighted by atomic mass is 10.2. The molecule has 0 saturated heterocycles. The molecule has 3 nitrogen and oxygen atoms in total. The predicted molar refractivity (Wildman–Crippen MR) is 66.0 cm³/mol. The molecule has 0 amide bonds. The van der Waals surface area contributed by atoms with Crippen molar-refractivity contribution in [1.82, 2.24) is 14.5 Å². The summed E-state index contributed by atoms with van der Waals surface area (Å²) in [5, 5.41) is 0. The number of rotatable bonds is 1. The Hall–Kier alpha value is -2.29. The lowest BCUT2D eigenvalue weighted by Crippen LogP contribution is -2.10. The third-order valence-electron chi connectivity index (χ3n) is 2.85. The summed E-state index contributed by atoms with van der Waals surface area (Å²) >= 11 is 4.87. The Morgan fingerprint density at radius 3 is 2.14 bits per heavy atom. The number of aromatic nitrogens is 3. The molecular weight excluding hydrogens is 313 g/mol. The summed E-state index contributed by atoms with van der Waals surface area (Å²) in [5.74, 6) is -10.3. The monoisotopic (exact) mass is 317 g/mol. The van der Waals surface area contributed by atoms with Crippen LogP contribution in [0.3, 0.4) is 0 Å². The van der Waals surface area contributed by atoms with Gasteiger partial charge in [-0.3, -0.25) is 4.57 Å². The zero-order valence-electron chi connectivity index (χ0n) is 9.92. The number of fused-ring (bicyclic) bond motifs is 1. The zero-order chi connectivity index (χ0) is 15.3. The van der Waals surface area contributed by atoms with Crippen LogP contribution in [0.25, 0.3) is 16.9 Å². The van der Waals surface area contributed by atoms with Crippen LogP contribution in [0.15, 0.2) is 18.3 Å². The molecule has 0 fully saturated rings. The minimum absolute atomic E-state index is 0.0503. The molecule has 0 aliphatic carbocycles. The highest BCUT2D eigenvalue weighted by Gasteiger charge is 2.28. The first kappa shape index (κ1) is 13.7. The fraction of sp³-hybridized carbons (Fsp3) is 0. The Labute approximate surface area is 118 Å². The van der Waals surface area contributed by atoms with E-state index in [4.69, 9.17) is 12.2 Å². The highest BCUT2D eigenvalue weighted by molar-refractivity contribution is 7.71. The maximum atomic E-state index is 13.8. The van der Waals surface area contributed by atoms with E-state index < -0.39 is 34.8 Å². The van der Waals surface area contributed by atoms with Gasteiger partial charge < -0.3 is 4.98 Å². The molecule has 0 saturated carbocycles. The summed E-state index contributed by atoms with van der Waals surface area (Å²) in [6.07, 6.45) is 1.30. The number of aromatic amines is 1. The van der Waals surface area contributed by atoms with Gasteiger partial charge in [-0.15, -0.1) is 0 Å². The Kier molecular flexibility index (Phi) is 3.01. The number of hydrogen-bond donors (Lipinski definition) is 1. The fourth-order valence-corrected chi connectivity index (χ4v) is 2.22. The molecule has 1 aromatic carbocycles. The van der Waals surface area contributed by atoms with Crippen LogP contribution in [0.4, 0.5) is 22.0 Å². The second kappa shape index (κ2) is 4.62. The van der Waals surface area contributed by atoms with Crippen molar-refractivity contribution in [3.8, 4) is 5.69 Å². The molecule has 3 rings (SSSR count). The summed E-state index contributed by atoms with van der Waals surface area (Å²) in [6.45, 7) is 0. The number of halogens is 5. The number of imidazole rings is 1. The minimum atomic E-state index is -2.23. The Bertz CT molecular complexity index is 902. The number of hydrogen-bond acceptors (Lipinski definition) is 2. The van der Waals surface area contributed by atoms with Crippen LogP contribution in [0.2, 0.25) is 0 Å². The summed E-state index contributed by atoms with van der Waals surface area (Å²) in [6, 6.07) is 3.02. The molecule has 0 aliphatic heterocycles. The van der Waals surface area contributed by atoms with E-state index >= 15 is 0 Å². The van der Waals surface area contributed by atoms with Gasteiger partial charge in [0.25, 0.3) is 0 Å². The standard InChI is InChI=1S/C12H4F5N3S/c13-5-6(14)8(16)10(9(17)7(5)15)20-11-4(19-12(20)21)2-1-3-18-11/h1-3H,(H,19,21). The van der Waals surface area contributed by atoms with Crippen LogP contribution in [0, 0.1) is 33.9 Å². The number of nitrogens with one attached hydrogen (secondary N) is 1. The van der Waals surface area contributed by atoms with Crippen LogP contribution in [0.1, 0.15) is 0 Å². The van der Waals surface area contributed by atoms with Crippen molar-refractivity contribution >= 4 is 23.4 Å². The van der Waals surface area contributed by atoms with Crippen molar-refractivity contribution in [2.24, 2.45) is 0 Å². The van der Waals surface area contributed by atoms with Crippen molar-refractivity contribution in [3.63, 3.8) is 0 Å². The third kappa shape index (κ3) is 1.84. The van der Waals surface area contributed by atoms with Gasteiger partial charge in [0.2, 0.25) is 5.82 Å². The number of H-pyrrole nitrogens is 1. The topological polar surface area (TPSA) is 33.6 Å². The molecule has 21 heavy (non-hydrogen) atoms. The van der Waals surface area contributed by atoms with E-state index in [0.29, 0.717) is 10.1 Å². The van der Waals surface area contributed by atoms with Gasteiger partial charge in [-0.25, -0.2) is 26.9 Å². The van der Waals surface area contributed by atoms with Crippen LogP contribution < -0.4 is 0 Å². The van der Waals surface area contributed by atoms with Crippen molar-refractivity contribution in [1.29, 1.82) is 0 Å². The molecule has 1 N–H and O–H groups in total. The molecule has 0 bridgehead atoms. The van der Waals surface area contributed by atoms with Gasteiger partial charge in [0.15, 0.2) is 33.7 Å². The van der Waals surface area contributed by atoms with Crippen LogP contribution in [-0.2, 0) is 0 Å². The Morgan fingerprint density at radius 2 is 1.52 bits per heavy atom. The largest absolute Gasteiger partial charge is 0.329 e. The first-order valence-electron chi connectivity index (χ1n) is 5.51. The minimum Gasteiger partial charge on any atom is -0.329 e. The van der Waals surface area contributed by atoms with Crippen LogP contribution in [-0.4, -0.2) is 14.5 Å². The predicted octanol–water partition coefficient (Wildman–Crippen LogP) is 3.78. The van der Waals surface area contributed by atoms with Gasteiger partial charge in [-0.05, 0) is 24.4 Å². The number of pyridine rings is 1.